The van der Waals surface area contributed by atoms with Crippen LogP contribution in [0.5, 0.6) is 17.2 Å². The quantitative estimate of drug-likeness (QED) is 0.363. The zero-order valence-corrected chi connectivity index (χ0v) is 20.5. The van der Waals surface area contributed by atoms with Gasteiger partial charge in [0.25, 0.3) is 0 Å². The minimum Gasteiger partial charge on any atom is -0.408 e. The van der Waals surface area contributed by atoms with Gasteiger partial charge in [0.05, 0.1) is 0 Å². The van der Waals surface area contributed by atoms with Crippen molar-refractivity contribution in [2.45, 2.75) is 59.3 Å². The van der Waals surface area contributed by atoms with Crippen molar-refractivity contribution in [3.63, 3.8) is 0 Å². The normalized spacial score (nSPS) is 12.0. The molecular formula is C27H33O3P. The van der Waals surface area contributed by atoms with Crippen LogP contribution in [0.25, 0.3) is 0 Å². The molecule has 164 valence electrons. The molecule has 3 aromatic rings. The van der Waals surface area contributed by atoms with Gasteiger partial charge >= 0.3 is 8.60 Å². The minimum absolute atomic E-state index is 0.0659. The monoisotopic (exact) mass is 436 g/mol. The van der Waals surface area contributed by atoms with Gasteiger partial charge in [-0.1, -0.05) is 96.1 Å². The van der Waals surface area contributed by atoms with Gasteiger partial charge in [-0.25, -0.2) is 0 Å². The summed E-state index contributed by atoms with van der Waals surface area (Å²) in [5, 5.41) is 0. The number of para-hydroxylation sites is 3. The molecule has 0 N–H and O–H groups in total. The molecule has 0 saturated heterocycles. The van der Waals surface area contributed by atoms with Gasteiger partial charge in [-0.3, -0.25) is 0 Å². The van der Waals surface area contributed by atoms with Crippen molar-refractivity contribution >= 4 is 8.60 Å². The zero-order chi connectivity index (χ0) is 22.6. The van der Waals surface area contributed by atoms with Gasteiger partial charge in [0.15, 0.2) is 0 Å². The summed E-state index contributed by atoms with van der Waals surface area (Å²) in [7, 11) is -1.73. The molecule has 0 aliphatic rings. The lowest BCUT2D eigenvalue weighted by Crippen LogP contribution is -2.15. The highest BCUT2D eigenvalue weighted by molar-refractivity contribution is 7.43. The van der Waals surface area contributed by atoms with E-state index in [4.69, 9.17) is 13.6 Å². The Morgan fingerprint density at radius 1 is 0.516 bits per heavy atom. The van der Waals surface area contributed by atoms with Crippen LogP contribution in [0.15, 0.2) is 72.8 Å². The van der Waals surface area contributed by atoms with Gasteiger partial charge in [-0.2, -0.15) is 0 Å². The average Bonchev–Trinajstić information content (AvgIpc) is 2.69. The number of rotatable bonds is 6. The first-order valence-corrected chi connectivity index (χ1v) is 11.7. The maximum atomic E-state index is 6.42. The second-order valence-corrected chi connectivity index (χ2v) is 10.8. The first-order chi connectivity index (χ1) is 14.6. The Kier molecular flexibility index (Phi) is 6.96. The van der Waals surface area contributed by atoms with Gasteiger partial charge in [-0.05, 0) is 41.5 Å². The molecule has 0 aromatic heterocycles. The van der Waals surface area contributed by atoms with Crippen LogP contribution in [-0.4, -0.2) is 0 Å². The van der Waals surface area contributed by atoms with Crippen molar-refractivity contribution in [1.82, 2.24) is 0 Å². The number of aryl methyl sites for hydroxylation is 1. The van der Waals surface area contributed by atoms with Crippen molar-refractivity contribution in [2.24, 2.45) is 0 Å². The fraction of sp³-hybridized carbons (Fsp3) is 0.333. The lowest BCUT2D eigenvalue weighted by molar-refractivity contribution is 0.376. The first kappa shape index (κ1) is 23.2. The Labute approximate surface area is 188 Å². The third-order valence-electron chi connectivity index (χ3n) is 5.00. The summed E-state index contributed by atoms with van der Waals surface area (Å²) in [5.74, 6) is 2.32. The molecule has 0 atom stereocenters. The van der Waals surface area contributed by atoms with E-state index < -0.39 is 8.60 Å². The van der Waals surface area contributed by atoms with E-state index in [1.807, 2.05) is 67.6 Å². The largest absolute Gasteiger partial charge is 0.530 e. The Hall–Kier alpha value is -2.51. The molecule has 0 aliphatic carbocycles. The van der Waals surface area contributed by atoms with Gasteiger partial charge in [0, 0.05) is 11.1 Å². The summed E-state index contributed by atoms with van der Waals surface area (Å²) in [6, 6.07) is 24.1. The number of hydrogen-bond acceptors (Lipinski definition) is 3. The van der Waals surface area contributed by atoms with E-state index in [2.05, 4.69) is 53.7 Å². The van der Waals surface area contributed by atoms with E-state index in [0.717, 1.165) is 33.9 Å². The number of benzene rings is 3. The van der Waals surface area contributed by atoms with Crippen LogP contribution in [0.4, 0.5) is 0 Å². The zero-order valence-electron chi connectivity index (χ0n) is 19.6. The lowest BCUT2D eigenvalue weighted by Gasteiger charge is -2.27. The molecule has 3 aromatic carbocycles. The summed E-state index contributed by atoms with van der Waals surface area (Å²) in [6.07, 6.45) is 0. The second-order valence-electron chi connectivity index (χ2n) is 9.76. The molecule has 4 heteroatoms. The van der Waals surface area contributed by atoms with Crippen LogP contribution >= 0.6 is 8.60 Å². The summed E-state index contributed by atoms with van der Waals surface area (Å²) in [5.41, 5.74) is 3.13. The van der Waals surface area contributed by atoms with Crippen LogP contribution in [0, 0.1) is 6.92 Å². The van der Waals surface area contributed by atoms with E-state index in [-0.39, 0.29) is 10.8 Å². The molecule has 0 unspecified atom stereocenters. The fourth-order valence-electron chi connectivity index (χ4n) is 3.29. The third-order valence-corrected chi connectivity index (χ3v) is 6.04. The molecular weight excluding hydrogens is 403 g/mol. The molecule has 0 heterocycles. The van der Waals surface area contributed by atoms with Gasteiger partial charge in [0.1, 0.15) is 17.2 Å². The molecule has 0 spiro atoms. The van der Waals surface area contributed by atoms with Gasteiger partial charge in [-0.15, -0.1) is 0 Å². The highest BCUT2D eigenvalue weighted by atomic mass is 31.2. The topological polar surface area (TPSA) is 27.7 Å². The molecule has 0 radical (unpaired) electrons. The van der Waals surface area contributed by atoms with Crippen LogP contribution in [0.3, 0.4) is 0 Å². The standard InChI is InChI=1S/C27H33O3P/c1-20-14-8-11-17-23(20)28-31(29-24-18-12-9-15-21(24)26(2,3)4)30-25-19-13-10-16-22(25)27(5,6)7/h8-19H,1-7H3. The van der Waals surface area contributed by atoms with Crippen molar-refractivity contribution in [3.05, 3.63) is 89.5 Å². The Bertz CT molecular complexity index is 956. The van der Waals surface area contributed by atoms with Crippen LogP contribution < -0.4 is 13.6 Å². The Morgan fingerprint density at radius 2 is 0.871 bits per heavy atom. The van der Waals surface area contributed by atoms with Crippen molar-refractivity contribution < 1.29 is 13.6 Å². The van der Waals surface area contributed by atoms with Crippen molar-refractivity contribution in [3.8, 4) is 17.2 Å². The Morgan fingerprint density at radius 3 is 1.29 bits per heavy atom. The Balaban J connectivity index is 1.99. The molecule has 0 amide bonds. The van der Waals surface area contributed by atoms with E-state index in [1.54, 1.807) is 0 Å². The van der Waals surface area contributed by atoms with E-state index in [9.17, 15) is 0 Å². The molecule has 31 heavy (non-hydrogen) atoms. The lowest BCUT2D eigenvalue weighted by atomic mass is 9.86. The van der Waals surface area contributed by atoms with Crippen molar-refractivity contribution in [2.75, 3.05) is 0 Å². The van der Waals surface area contributed by atoms with Crippen LogP contribution in [-0.2, 0) is 10.8 Å². The summed E-state index contributed by atoms with van der Waals surface area (Å²) >= 11 is 0. The van der Waals surface area contributed by atoms with E-state index >= 15 is 0 Å². The average molecular weight is 437 g/mol. The van der Waals surface area contributed by atoms with E-state index in [1.165, 1.54) is 0 Å². The molecule has 3 rings (SSSR count). The maximum absolute atomic E-state index is 6.42. The fourth-order valence-corrected chi connectivity index (χ4v) is 4.40. The SMILES string of the molecule is Cc1ccccc1OP(Oc1ccccc1C(C)(C)C)Oc1ccccc1C(C)(C)C. The number of hydrogen-bond donors (Lipinski definition) is 0. The predicted molar refractivity (Wildman–Crippen MR) is 130 cm³/mol. The summed E-state index contributed by atoms with van der Waals surface area (Å²) in [6.45, 7) is 15.1. The van der Waals surface area contributed by atoms with Gasteiger partial charge in [0.2, 0.25) is 0 Å². The molecule has 0 fully saturated rings. The molecule has 0 bridgehead atoms. The second kappa shape index (κ2) is 9.32. The van der Waals surface area contributed by atoms with E-state index in [0.29, 0.717) is 0 Å². The maximum Gasteiger partial charge on any atom is 0.530 e. The highest BCUT2D eigenvalue weighted by Crippen LogP contribution is 2.47. The highest BCUT2D eigenvalue weighted by Gasteiger charge is 2.28. The predicted octanol–water partition coefficient (Wildman–Crippen LogP) is 8.35. The van der Waals surface area contributed by atoms with Crippen LogP contribution in [0.1, 0.15) is 58.2 Å². The summed E-state index contributed by atoms with van der Waals surface area (Å²) in [4.78, 5) is 0. The minimum atomic E-state index is -1.73. The smallest absolute Gasteiger partial charge is 0.408 e. The van der Waals surface area contributed by atoms with Gasteiger partial charge < -0.3 is 13.6 Å². The third kappa shape index (κ3) is 6.02. The molecule has 0 aliphatic heterocycles. The van der Waals surface area contributed by atoms with Crippen LogP contribution in [0.2, 0.25) is 0 Å². The molecule has 3 nitrogen and oxygen atoms in total. The summed E-state index contributed by atoms with van der Waals surface area (Å²) < 4.78 is 19.2. The molecule has 0 saturated carbocycles. The van der Waals surface area contributed by atoms with Crippen molar-refractivity contribution in [1.29, 1.82) is 0 Å². The first-order valence-electron chi connectivity index (χ1n) is 10.6.